The lowest BCUT2D eigenvalue weighted by Gasteiger charge is -2.08. The van der Waals surface area contributed by atoms with Crippen LogP contribution in [0, 0.1) is 6.92 Å². The van der Waals surface area contributed by atoms with Crippen LogP contribution in [0.1, 0.15) is 36.5 Å². The lowest BCUT2D eigenvalue weighted by atomic mass is 10.0. The van der Waals surface area contributed by atoms with Crippen LogP contribution >= 0.6 is 11.3 Å². The summed E-state index contributed by atoms with van der Waals surface area (Å²) < 4.78 is 1.20. The van der Waals surface area contributed by atoms with Crippen LogP contribution < -0.4 is 5.32 Å². The Kier molecular flexibility index (Phi) is 5.45. The summed E-state index contributed by atoms with van der Waals surface area (Å²) in [5.74, 6) is 0.487. The lowest BCUT2D eigenvalue weighted by Crippen LogP contribution is -2.14. The summed E-state index contributed by atoms with van der Waals surface area (Å²) in [6.07, 6.45) is 0.372. The molecule has 3 aromatic carbocycles. The maximum atomic E-state index is 12.4. The van der Waals surface area contributed by atoms with Gasteiger partial charge in [-0.25, -0.2) is 4.98 Å². The minimum absolute atomic E-state index is 0.00879. The second kappa shape index (κ2) is 8.18. The molecule has 0 fully saturated rings. The monoisotopic (exact) mass is 400 g/mol. The number of aryl methyl sites for hydroxylation is 1. The lowest BCUT2D eigenvalue weighted by molar-refractivity contribution is -0.115. The Morgan fingerprint density at radius 1 is 1.00 bits per heavy atom. The number of nitrogens with zero attached hydrogens (tertiary/aromatic N) is 1. The number of hydrogen-bond donors (Lipinski definition) is 1. The van der Waals surface area contributed by atoms with Crippen LogP contribution in [0.25, 0.3) is 20.8 Å². The first-order chi connectivity index (χ1) is 14.0. The van der Waals surface area contributed by atoms with E-state index in [1.807, 2.05) is 36.4 Å². The van der Waals surface area contributed by atoms with Crippen molar-refractivity contribution in [3.05, 3.63) is 83.4 Å². The molecule has 0 atom stereocenters. The van der Waals surface area contributed by atoms with Crippen molar-refractivity contribution in [1.82, 2.24) is 4.98 Å². The van der Waals surface area contributed by atoms with Crippen LogP contribution in [-0.4, -0.2) is 10.9 Å². The average Bonchev–Trinajstić information content (AvgIpc) is 3.12. The number of carbonyl (C=O) groups excluding carboxylic acids is 1. The van der Waals surface area contributed by atoms with E-state index in [1.165, 1.54) is 15.8 Å². The predicted octanol–water partition coefficient (Wildman–Crippen LogP) is 6.58. The number of rotatable bonds is 5. The highest BCUT2D eigenvalue weighted by atomic mass is 32.1. The molecule has 0 bridgehead atoms. The second-order valence-corrected chi connectivity index (χ2v) is 8.72. The Bertz CT molecular complexity index is 1140. The molecule has 1 heterocycles. The van der Waals surface area contributed by atoms with Gasteiger partial charge in [0.1, 0.15) is 5.01 Å². The van der Waals surface area contributed by atoms with Crippen molar-refractivity contribution in [2.75, 3.05) is 5.32 Å². The van der Waals surface area contributed by atoms with Crippen LogP contribution in [-0.2, 0) is 11.2 Å². The van der Waals surface area contributed by atoms with Gasteiger partial charge >= 0.3 is 0 Å². The van der Waals surface area contributed by atoms with Gasteiger partial charge < -0.3 is 5.32 Å². The Hall–Kier alpha value is -2.98. The fraction of sp³-hybridized carbons (Fsp3) is 0.200. The zero-order valence-electron chi connectivity index (χ0n) is 16.9. The normalized spacial score (nSPS) is 11.2. The van der Waals surface area contributed by atoms with E-state index >= 15 is 0 Å². The van der Waals surface area contributed by atoms with Crippen molar-refractivity contribution in [3.63, 3.8) is 0 Å². The Balaban J connectivity index is 1.42. The minimum atomic E-state index is -0.00879. The maximum Gasteiger partial charge on any atom is 0.228 e. The van der Waals surface area contributed by atoms with E-state index in [2.05, 4.69) is 56.4 Å². The van der Waals surface area contributed by atoms with Gasteiger partial charge in [-0.05, 0) is 65.9 Å². The minimum Gasteiger partial charge on any atom is -0.326 e. The quantitative estimate of drug-likeness (QED) is 0.411. The molecule has 1 N–H and O–H groups in total. The number of amides is 1. The highest BCUT2D eigenvalue weighted by molar-refractivity contribution is 7.21. The van der Waals surface area contributed by atoms with Crippen LogP contribution in [0.3, 0.4) is 0 Å². The number of thiazole rings is 1. The molecule has 29 heavy (non-hydrogen) atoms. The Morgan fingerprint density at radius 3 is 2.41 bits per heavy atom. The highest BCUT2D eigenvalue weighted by Gasteiger charge is 2.08. The topological polar surface area (TPSA) is 42.0 Å². The highest BCUT2D eigenvalue weighted by Crippen LogP contribution is 2.31. The van der Waals surface area contributed by atoms with E-state index in [0.29, 0.717) is 12.3 Å². The van der Waals surface area contributed by atoms with E-state index in [0.717, 1.165) is 27.3 Å². The molecule has 146 valence electrons. The van der Waals surface area contributed by atoms with Crippen LogP contribution in [0.4, 0.5) is 5.69 Å². The van der Waals surface area contributed by atoms with Crippen molar-refractivity contribution in [2.24, 2.45) is 0 Å². The summed E-state index contributed by atoms with van der Waals surface area (Å²) in [6.45, 7) is 6.43. The summed E-state index contributed by atoms with van der Waals surface area (Å²) >= 11 is 1.69. The van der Waals surface area contributed by atoms with E-state index in [1.54, 1.807) is 11.3 Å². The number of aromatic nitrogens is 1. The molecule has 0 spiro atoms. The van der Waals surface area contributed by atoms with E-state index < -0.39 is 0 Å². The molecule has 0 radical (unpaired) electrons. The van der Waals surface area contributed by atoms with Gasteiger partial charge in [0.15, 0.2) is 0 Å². The summed E-state index contributed by atoms with van der Waals surface area (Å²) in [5, 5.41) is 3.98. The van der Waals surface area contributed by atoms with Gasteiger partial charge in [0.25, 0.3) is 0 Å². The summed E-state index contributed by atoms with van der Waals surface area (Å²) in [6, 6.07) is 22.5. The molecule has 1 aromatic heterocycles. The summed E-state index contributed by atoms with van der Waals surface area (Å²) in [5.41, 5.74) is 6.43. The predicted molar refractivity (Wildman–Crippen MR) is 123 cm³/mol. The molecule has 0 unspecified atom stereocenters. The van der Waals surface area contributed by atoms with Gasteiger partial charge in [-0.1, -0.05) is 44.2 Å². The van der Waals surface area contributed by atoms with Crippen molar-refractivity contribution >= 4 is 33.1 Å². The van der Waals surface area contributed by atoms with E-state index in [4.69, 9.17) is 4.98 Å². The number of hydrogen-bond acceptors (Lipinski definition) is 3. The zero-order chi connectivity index (χ0) is 20.4. The van der Waals surface area contributed by atoms with Crippen LogP contribution in [0.15, 0.2) is 66.7 Å². The third-order valence-electron chi connectivity index (χ3n) is 4.97. The van der Waals surface area contributed by atoms with Gasteiger partial charge in [-0.15, -0.1) is 11.3 Å². The number of anilines is 1. The molecule has 0 aliphatic rings. The Morgan fingerprint density at radius 2 is 1.72 bits per heavy atom. The molecule has 4 heteroatoms. The molecule has 0 aliphatic carbocycles. The first-order valence-corrected chi connectivity index (χ1v) is 10.7. The fourth-order valence-electron chi connectivity index (χ4n) is 3.26. The standard InChI is InChI=1S/C25H24N2OS/c1-16(2)19-7-5-18(6-8-19)15-24(28)26-21-11-9-20(10-12-21)25-27-22-13-4-17(3)14-23(22)29-25/h4-14,16H,15H2,1-3H3,(H,26,28). The van der Waals surface area contributed by atoms with Crippen LogP contribution in [0.2, 0.25) is 0 Å². The van der Waals surface area contributed by atoms with Crippen molar-refractivity contribution in [3.8, 4) is 10.6 Å². The summed E-state index contributed by atoms with van der Waals surface area (Å²) in [7, 11) is 0. The largest absolute Gasteiger partial charge is 0.326 e. The van der Waals surface area contributed by atoms with Gasteiger partial charge in [-0.2, -0.15) is 0 Å². The van der Waals surface area contributed by atoms with Crippen LogP contribution in [0.5, 0.6) is 0 Å². The molecule has 3 nitrogen and oxygen atoms in total. The van der Waals surface area contributed by atoms with Crippen molar-refractivity contribution in [1.29, 1.82) is 0 Å². The SMILES string of the molecule is Cc1ccc2nc(-c3ccc(NC(=O)Cc4ccc(C(C)C)cc4)cc3)sc2c1. The van der Waals surface area contributed by atoms with E-state index in [-0.39, 0.29) is 5.91 Å². The molecule has 0 aliphatic heterocycles. The van der Waals surface area contributed by atoms with Gasteiger partial charge in [0.05, 0.1) is 16.6 Å². The Labute approximate surface area is 175 Å². The first kappa shape index (κ1) is 19.3. The number of carbonyl (C=O) groups is 1. The average molecular weight is 401 g/mol. The number of nitrogens with one attached hydrogen (secondary N) is 1. The summed E-state index contributed by atoms with van der Waals surface area (Å²) in [4.78, 5) is 17.1. The molecule has 1 amide bonds. The molecule has 4 rings (SSSR count). The smallest absolute Gasteiger partial charge is 0.228 e. The molecule has 0 saturated carbocycles. The molecule has 0 saturated heterocycles. The number of benzene rings is 3. The molecule has 4 aromatic rings. The van der Waals surface area contributed by atoms with Gasteiger partial charge in [0.2, 0.25) is 5.91 Å². The third kappa shape index (κ3) is 4.54. The number of fused-ring (bicyclic) bond motifs is 1. The van der Waals surface area contributed by atoms with Crippen molar-refractivity contribution in [2.45, 2.75) is 33.1 Å². The van der Waals surface area contributed by atoms with Gasteiger partial charge in [-0.3, -0.25) is 4.79 Å². The first-order valence-electron chi connectivity index (χ1n) is 9.84. The molecular formula is C25H24N2OS. The van der Waals surface area contributed by atoms with E-state index in [9.17, 15) is 4.79 Å². The maximum absolute atomic E-state index is 12.4. The molecular weight excluding hydrogens is 376 g/mol. The van der Waals surface area contributed by atoms with Crippen molar-refractivity contribution < 1.29 is 4.79 Å². The zero-order valence-corrected chi connectivity index (χ0v) is 17.7. The third-order valence-corrected chi connectivity index (χ3v) is 6.04. The second-order valence-electron chi connectivity index (χ2n) is 7.69. The fourth-order valence-corrected chi connectivity index (χ4v) is 4.33. The van der Waals surface area contributed by atoms with Gasteiger partial charge in [0, 0.05) is 11.3 Å².